The molecular formula is C16H18O4. The summed E-state index contributed by atoms with van der Waals surface area (Å²) >= 11 is 0. The van der Waals surface area contributed by atoms with Gasteiger partial charge in [0.1, 0.15) is 11.5 Å². The molecule has 0 aliphatic carbocycles. The third-order valence-electron chi connectivity index (χ3n) is 3.33. The van der Waals surface area contributed by atoms with E-state index in [1.54, 1.807) is 31.2 Å². The summed E-state index contributed by atoms with van der Waals surface area (Å²) in [5.74, 6) is 0.201. The van der Waals surface area contributed by atoms with E-state index in [2.05, 4.69) is 0 Å². The Labute approximate surface area is 117 Å². The molecule has 0 unspecified atom stereocenters. The van der Waals surface area contributed by atoms with Gasteiger partial charge in [0.25, 0.3) is 0 Å². The van der Waals surface area contributed by atoms with Gasteiger partial charge in [-0.25, -0.2) is 0 Å². The zero-order valence-electron chi connectivity index (χ0n) is 11.3. The lowest BCUT2D eigenvalue weighted by atomic mass is 9.98. The second-order valence-electron chi connectivity index (χ2n) is 4.88. The van der Waals surface area contributed by atoms with Crippen molar-refractivity contribution in [1.29, 1.82) is 0 Å². The smallest absolute Gasteiger partial charge is 0.124 e. The summed E-state index contributed by atoms with van der Waals surface area (Å²) in [6, 6.07) is 8.71. The minimum atomic E-state index is -0.212. The van der Waals surface area contributed by atoms with Gasteiger partial charge in [0.2, 0.25) is 0 Å². The van der Waals surface area contributed by atoms with Crippen molar-refractivity contribution >= 4 is 0 Å². The van der Waals surface area contributed by atoms with Crippen LogP contribution in [0.3, 0.4) is 0 Å². The van der Waals surface area contributed by atoms with E-state index in [0.29, 0.717) is 23.1 Å². The first-order valence-corrected chi connectivity index (χ1v) is 6.39. The van der Waals surface area contributed by atoms with E-state index >= 15 is 0 Å². The lowest BCUT2D eigenvalue weighted by Gasteiger charge is -2.10. The first-order chi connectivity index (χ1) is 9.55. The summed E-state index contributed by atoms with van der Waals surface area (Å²) in [6.07, 6.45) is 0.599. The van der Waals surface area contributed by atoms with Gasteiger partial charge in [0, 0.05) is 11.1 Å². The molecule has 0 amide bonds. The molecule has 4 N–H and O–H groups in total. The largest absolute Gasteiger partial charge is 0.508 e. The molecule has 0 saturated heterocycles. The Bertz CT molecular complexity index is 620. The van der Waals surface area contributed by atoms with Crippen molar-refractivity contribution in [3.05, 3.63) is 58.1 Å². The third kappa shape index (κ3) is 2.92. The maximum Gasteiger partial charge on any atom is 0.124 e. The quantitative estimate of drug-likeness (QED) is 0.687. The van der Waals surface area contributed by atoms with Gasteiger partial charge in [-0.05, 0) is 48.2 Å². The number of benzene rings is 2. The number of rotatable bonds is 4. The molecule has 0 bridgehead atoms. The van der Waals surface area contributed by atoms with Crippen molar-refractivity contribution < 1.29 is 20.4 Å². The summed E-state index contributed by atoms with van der Waals surface area (Å²) in [7, 11) is 0. The zero-order valence-corrected chi connectivity index (χ0v) is 11.3. The lowest BCUT2D eigenvalue weighted by Crippen LogP contribution is -1.95. The van der Waals surface area contributed by atoms with Gasteiger partial charge in [-0.15, -0.1) is 0 Å². The Balaban J connectivity index is 2.32. The first-order valence-electron chi connectivity index (χ1n) is 6.39. The number of aromatic hydroxyl groups is 2. The van der Waals surface area contributed by atoms with E-state index < -0.39 is 0 Å². The molecule has 4 nitrogen and oxygen atoms in total. The maximum absolute atomic E-state index is 9.78. The summed E-state index contributed by atoms with van der Waals surface area (Å²) in [4.78, 5) is 0. The number of aryl methyl sites for hydroxylation is 1. The van der Waals surface area contributed by atoms with Crippen LogP contribution in [0.15, 0.2) is 30.3 Å². The Morgan fingerprint density at radius 3 is 2.15 bits per heavy atom. The van der Waals surface area contributed by atoms with E-state index in [0.717, 1.165) is 11.1 Å². The highest BCUT2D eigenvalue weighted by atomic mass is 16.3. The number of hydrogen-bond acceptors (Lipinski definition) is 4. The average Bonchev–Trinajstić information content (AvgIpc) is 2.44. The lowest BCUT2D eigenvalue weighted by molar-refractivity contribution is 0.275. The van der Waals surface area contributed by atoms with E-state index in [-0.39, 0.29) is 24.7 Å². The van der Waals surface area contributed by atoms with Gasteiger partial charge in [0.05, 0.1) is 13.2 Å². The predicted molar refractivity (Wildman–Crippen MR) is 75.6 cm³/mol. The maximum atomic E-state index is 9.78. The zero-order chi connectivity index (χ0) is 14.7. The van der Waals surface area contributed by atoms with Crippen LogP contribution in [-0.2, 0) is 19.6 Å². The summed E-state index contributed by atoms with van der Waals surface area (Å²) < 4.78 is 0. The van der Waals surface area contributed by atoms with Crippen LogP contribution in [-0.4, -0.2) is 20.4 Å². The molecule has 2 aromatic carbocycles. The standard InChI is InChI=1S/C16H18O4/c1-10-4-12(7-14(9-18)16(10)20)5-11-2-3-15(19)13(6-11)8-17/h2-4,6-7,17-20H,5,8-9H2,1H3. The molecule has 0 saturated carbocycles. The normalized spacial score (nSPS) is 10.8. The summed E-state index contributed by atoms with van der Waals surface area (Å²) in [6.45, 7) is 1.36. The van der Waals surface area contributed by atoms with Crippen molar-refractivity contribution in [2.75, 3.05) is 0 Å². The fourth-order valence-corrected chi connectivity index (χ4v) is 2.27. The first kappa shape index (κ1) is 14.4. The molecule has 0 fully saturated rings. The van der Waals surface area contributed by atoms with E-state index in [4.69, 9.17) is 5.11 Å². The highest BCUT2D eigenvalue weighted by molar-refractivity contribution is 5.45. The molecule has 4 heteroatoms. The van der Waals surface area contributed by atoms with Gasteiger partial charge in [-0.3, -0.25) is 0 Å². The molecule has 2 rings (SSSR count). The van der Waals surface area contributed by atoms with Crippen LogP contribution in [0.4, 0.5) is 0 Å². The highest BCUT2D eigenvalue weighted by Gasteiger charge is 2.08. The molecule has 0 aliphatic rings. The van der Waals surface area contributed by atoms with Gasteiger partial charge < -0.3 is 20.4 Å². The fraction of sp³-hybridized carbons (Fsp3) is 0.250. The Hall–Kier alpha value is -2.04. The Morgan fingerprint density at radius 2 is 1.50 bits per heavy atom. The third-order valence-corrected chi connectivity index (χ3v) is 3.33. The number of aliphatic hydroxyl groups is 2. The molecule has 106 valence electrons. The monoisotopic (exact) mass is 274 g/mol. The molecule has 0 spiro atoms. The van der Waals surface area contributed by atoms with Crippen molar-refractivity contribution in [2.24, 2.45) is 0 Å². The van der Waals surface area contributed by atoms with Gasteiger partial charge in [-0.2, -0.15) is 0 Å². The van der Waals surface area contributed by atoms with E-state index in [9.17, 15) is 15.3 Å². The van der Waals surface area contributed by atoms with Crippen LogP contribution < -0.4 is 0 Å². The molecule has 20 heavy (non-hydrogen) atoms. The molecule has 0 radical (unpaired) electrons. The molecule has 0 heterocycles. The van der Waals surface area contributed by atoms with Crippen LogP contribution in [0, 0.1) is 6.92 Å². The minimum Gasteiger partial charge on any atom is -0.508 e. The van der Waals surface area contributed by atoms with Crippen molar-refractivity contribution in [3.63, 3.8) is 0 Å². The Kier molecular flexibility index (Phi) is 4.27. The second kappa shape index (κ2) is 5.94. The minimum absolute atomic E-state index is 0.0779. The van der Waals surface area contributed by atoms with Crippen LogP contribution in [0.1, 0.15) is 27.8 Å². The molecule has 0 atom stereocenters. The van der Waals surface area contributed by atoms with Crippen molar-refractivity contribution in [3.8, 4) is 11.5 Å². The molecular weight excluding hydrogens is 256 g/mol. The summed E-state index contributed by atoms with van der Waals surface area (Å²) in [5.41, 5.74) is 3.61. The second-order valence-corrected chi connectivity index (χ2v) is 4.88. The number of aliphatic hydroxyl groups excluding tert-OH is 2. The molecule has 0 aliphatic heterocycles. The predicted octanol–water partition coefficient (Wildman–Crippen LogP) is 1.98. The molecule has 2 aromatic rings. The fourth-order valence-electron chi connectivity index (χ4n) is 2.27. The van der Waals surface area contributed by atoms with Gasteiger partial charge >= 0.3 is 0 Å². The van der Waals surface area contributed by atoms with Gasteiger partial charge in [-0.1, -0.05) is 12.1 Å². The Morgan fingerprint density at radius 1 is 0.850 bits per heavy atom. The highest BCUT2D eigenvalue weighted by Crippen LogP contribution is 2.26. The number of phenols is 2. The average molecular weight is 274 g/mol. The van der Waals surface area contributed by atoms with Crippen LogP contribution in [0.2, 0.25) is 0 Å². The molecule has 0 aromatic heterocycles. The van der Waals surface area contributed by atoms with Crippen LogP contribution >= 0.6 is 0 Å². The van der Waals surface area contributed by atoms with Gasteiger partial charge in [0.15, 0.2) is 0 Å². The topological polar surface area (TPSA) is 80.9 Å². The summed E-state index contributed by atoms with van der Waals surface area (Å²) in [5, 5.41) is 37.7. The van der Waals surface area contributed by atoms with Crippen molar-refractivity contribution in [2.45, 2.75) is 26.6 Å². The van der Waals surface area contributed by atoms with E-state index in [1.807, 2.05) is 6.07 Å². The van der Waals surface area contributed by atoms with Crippen LogP contribution in [0.5, 0.6) is 11.5 Å². The number of hydrogen-bond donors (Lipinski definition) is 4. The van der Waals surface area contributed by atoms with Crippen LogP contribution in [0.25, 0.3) is 0 Å². The van der Waals surface area contributed by atoms with E-state index in [1.165, 1.54) is 0 Å². The SMILES string of the molecule is Cc1cc(Cc2ccc(O)c(CO)c2)cc(CO)c1O. The van der Waals surface area contributed by atoms with Crippen molar-refractivity contribution in [1.82, 2.24) is 0 Å².